The average molecular weight is 347 g/mol. The number of carbonyl (C=O) groups is 2. The first-order valence-electron chi connectivity index (χ1n) is 8.77. The highest BCUT2D eigenvalue weighted by molar-refractivity contribution is 6.14. The summed E-state index contributed by atoms with van der Waals surface area (Å²) in [5.74, 6) is -0.797. The van der Waals surface area contributed by atoms with Crippen molar-refractivity contribution < 1.29 is 19.1 Å². The molecule has 0 amide bonds. The van der Waals surface area contributed by atoms with Crippen LogP contribution in [-0.2, 0) is 19.1 Å². The zero-order valence-corrected chi connectivity index (χ0v) is 16.0. The van der Waals surface area contributed by atoms with Gasteiger partial charge in [-0.15, -0.1) is 0 Å². The van der Waals surface area contributed by atoms with Crippen LogP contribution in [0.2, 0.25) is 0 Å². The highest BCUT2D eigenvalue weighted by Gasteiger charge is 2.22. The molecule has 1 aromatic carbocycles. The van der Waals surface area contributed by atoms with Gasteiger partial charge in [0, 0.05) is 11.9 Å². The lowest BCUT2D eigenvalue weighted by Gasteiger charge is -2.19. The van der Waals surface area contributed by atoms with E-state index in [2.05, 4.69) is 33.0 Å². The molecule has 0 fully saturated rings. The number of ether oxygens (including phenoxy) is 2. The molecule has 5 heteroatoms. The van der Waals surface area contributed by atoms with Gasteiger partial charge in [-0.2, -0.15) is 0 Å². The van der Waals surface area contributed by atoms with E-state index in [1.165, 1.54) is 6.20 Å². The fourth-order valence-corrected chi connectivity index (χ4v) is 2.48. The van der Waals surface area contributed by atoms with E-state index in [9.17, 15) is 9.59 Å². The maximum Gasteiger partial charge on any atom is 0.347 e. The molecule has 0 spiro atoms. The van der Waals surface area contributed by atoms with Gasteiger partial charge in [0.25, 0.3) is 0 Å². The van der Waals surface area contributed by atoms with E-state index in [0.717, 1.165) is 16.8 Å². The van der Waals surface area contributed by atoms with Crippen molar-refractivity contribution in [2.24, 2.45) is 0 Å². The zero-order valence-electron chi connectivity index (χ0n) is 16.0. The van der Waals surface area contributed by atoms with E-state index < -0.39 is 11.9 Å². The fraction of sp³-hybridized carbons (Fsp3) is 0.500. The summed E-state index contributed by atoms with van der Waals surface area (Å²) < 4.78 is 9.93. The van der Waals surface area contributed by atoms with E-state index in [-0.39, 0.29) is 18.8 Å². The highest BCUT2D eigenvalue weighted by Crippen LogP contribution is 2.32. The Kier molecular flexibility index (Phi) is 8.19. The van der Waals surface area contributed by atoms with Crippen LogP contribution in [0.15, 0.2) is 30.0 Å². The number of carbonyl (C=O) groups excluding carboxylic acids is 2. The molecule has 0 aromatic heterocycles. The minimum Gasteiger partial charge on any atom is -0.462 e. The van der Waals surface area contributed by atoms with Gasteiger partial charge >= 0.3 is 11.9 Å². The van der Waals surface area contributed by atoms with Crippen molar-refractivity contribution in [3.05, 3.63) is 41.1 Å². The lowest BCUT2D eigenvalue weighted by Crippen LogP contribution is -2.20. The Morgan fingerprint density at radius 1 is 0.960 bits per heavy atom. The molecule has 1 rings (SSSR count). The largest absolute Gasteiger partial charge is 0.462 e. The van der Waals surface area contributed by atoms with Gasteiger partial charge in [-0.3, -0.25) is 0 Å². The summed E-state index contributed by atoms with van der Waals surface area (Å²) in [5, 5.41) is 3.16. The molecule has 0 saturated heterocycles. The number of benzene rings is 1. The van der Waals surface area contributed by atoms with Crippen LogP contribution in [0.25, 0.3) is 0 Å². The van der Waals surface area contributed by atoms with Crippen LogP contribution in [0.1, 0.15) is 64.5 Å². The number of rotatable bonds is 8. The number of nitrogens with one attached hydrogen (secondary N) is 1. The smallest absolute Gasteiger partial charge is 0.347 e. The molecule has 0 bridgehead atoms. The first-order chi connectivity index (χ1) is 11.8. The molecule has 0 aliphatic heterocycles. The number of hydrogen-bond donors (Lipinski definition) is 1. The Balaban J connectivity index is 3.29. The molecule has 138 valence electrons. The quantitative estimate of drug-likeness (QED) is 0.328. The van der Waals surface area contributed by atoms with Gasteiger partial charge in [0.05, 0.1) is 13.2 Å². The molecular formula is C20H29NO4. The molecule has 1 N–H and O–H groups in total. The molecule has 0 radical (unpaired) electrons. The summed E-state index contributed by atoms with van der Waals surface area (Å²) in [6.45, 7) is 12.2. The molecule has 0 aliphatic carbocycles. The molecule has 1 aromatic rings. The highest BCUT2D eigenvalue weighted by atomic mass is 16.6. The van der Waals surface area contributed by atoms with E-state index in [1.807, 2.05) is 18.2 Å². The van der Waals surface area contributed by atoms with Crippen LogP contribution in [0, 0.1) is 0 Å². The summed E-state index contributed by atoms with van der Waals surface area (Å²) in [6.07, 6.45) is 1.39. The van der Waals surface area contributed by atoms with Crippen molar-refractivity contribution in [1.29, 1.82) is 0 Å². The van der Waals surface area contributed by atoms with Crippen LogP contribution < -0.4 is 5.32 Å². The summed E-state index contributed by atoms with van der Waals surface area (Å²) in [4.78, 5) is 24.2. The average Bonchev–Trinajstić information content (AvgIpc) is 2.55. The minimum absolute atomic E-state index is 0.142. The SMILES string of the molecule is CCOC(=O)C(=CNc1c(C(C)C)cccc1C(C)C)C(=O)OCC. The fourth-order valence-electron chi connectivity index (χ4n) is 2.48. The third-order valence-electron chi connectivity index (χ3n) is 3.72. The molecule has 5 nitrogen and oxygen atoms in total. The van der Waals surface area contributed by atoms with Gasteiger partial charge < -0.3 is 14.8 Å². The van der Waals surface area contributed by atoms with E-state index >= 15 is 0 Å². The zero-order chi connectivity index (χ0) is 19.0. The topological polar surface area (TPSA) is 64.6 Å². The third-order valence-corrected chi connectivity index (χ3v) is 3.72. The first-order valence-corrected chi connectivity index (χ1v) is 8.77. The Morgan fingerprint density at radius 3 is 1.76 bits per heavy atom. The molecular weight excluding hydrogens is 318 g/mol. The van der Waals surface area contributed by atoms with Crippen LogP contribution in [0.3, 0.4) is 0 Å². The summed E-state index contributed by atoms with van der Waals surface area (Å²) in [6, 6.07) is 6.11. The second kappa shape index (κ2) is 9.87. The van der Waals surface area contributed by atoms with Crippen molar-refractivity contribution in [2.75, 3.05) is 18.5 Å². The van der Waals surface area contributed by atoms with Crippen molar-refractivity contribution in [3.63, 3.8) is 0 Å². The molecule has 0 unspecified atom stereocenters. The Labute approximate surface area is 150 Å². The molecule has 25 heavy (non-hydrogen) atoms. The molecule has 0 saturated carbocycles. The molecule has 0 aliphatic rings. The minimum atomic E-state index is -0.693. The summed E-state index contributed by atoms with van der Waals surface area (Å²) in [7, 11) is 0. The van der Waals surface area contributed by atoms with Crippen LogP contribution in [0.5, 0.6) is 0 Å². The first kappa shape index (κ1) is 20.7. The second-order valence-corrected chi connectivity index (χ2v) is 6.26. The Morgan fingerprint density at radius 2 is 1.40 bits per heavy atom. The van der Waals surface area contributed by atoms with Crippen molar-refractivity contribution in [1.82, 2.24) is 0 Å². The summed E-state index contributed by atoms with van der Waals surface area (Å²) >= 11 is 0. The van der Waals surface area contributed by atoms with Gasteiger partial charge in [-0.05, 0) is 36.8 Å². The van der Waals surface area contributed by atoms with E-state index in [0.29, 0.717) is 11.8 Å². The van der Waals surface area contributed by atoms with Crippen molar-refractivity contribution in [3.8, 4) is 0 Å². The predicted octanol–water partition coefficient (Wildman–Crippen LogP) is 4.36. The van der Waals surface area contributed by atoms with Crippen molar-refractivity contribution in [2.45, 2.75) is 53.4 Å². The predicted molar refractivity (Wildman–Crippen MR) is 99.6 cm³/mol. The van der Waals surface area contributed by atoms with Crippen LogP contribution in [-0.4, -0.2) is 25.2 Å². The van der Waals surface area contributed by atoms with Crippen LogP contribution >= 0.6 is 0 Å². The van der Waals surface area contributed by atoms with Crippen LogP contribution in [0.4, 0.5) is 5.69 Å². The monoisotopic (exact) mass is 347 g/mol. The number of para-hydroxylation sites is 1. The van der Waals surface area contributed by atoms with Gasteiger partial charge in [-0.25, -0.2) is 9.59 Å². The van der Waals surface area contributed by atoms with Gasteiger partial charge in [0.2, 0.25) is 0 Å². The van der Waals surface area contributed by atoms with Gasteiger partial charge in [0.15, 0.2) is 5.57 Å². The van der Waals surface area contributed by atoms with E-state index in [4.69, 9.17) is 9.47 Å². The lowest BCUT2D eigenvalue weighted by molar-refractivity contribution is -0.146. The lowest BCUT2D eigenvalue weighted by atomic mass is 9.92. The number of esters is 2. The van der Waals surface area contributed by atoms with E-state index in [1.54, 1.807) is 13.8 Å². The normalized spacial score (nSPS) is 10.6. The maximum atomic E-state index is 12.1. The standard InChI is InChI=1S/C20H29NO4/c1-7-24-19(22)17(20(23)25-8-2)12-21-18-15(13(3)4)10-9-11-16(18)14(5)6/h9-14,21H,7-8H2,1-6H3. The second-order valence-electron chi connectivity index (χ2n) is 6.26. The van der Waals surface area contributed by atoms with Gasteiger partial charge in [0.1, 0.15) is 0 Å². The molecule has 0 heterocycles. The Hall–Kier alpha value is -2.30. The number of anilines is 1. The summed E-state index contributed by atoms with van der Waals surface area (Å²) in [5.41, 5.74) is 3.01. The van der Waals surface area contributed by atoms with Gasteiger partial charge in [-0.1, -0.05) is 45.9 Å². The Bertz CT molecular complexity index is 586. The number of hydrogen-bond acceptors (Lipinski definition) is 5. The third kappa shape index (κ3) is 5.62. The molecule has 0 atom stereocenters. The maximum absolute atomic E-state index is 12.1. The van der Waals surface area contributed by atoms with Crippen molar-refractivity contribution >= 4 is 17.6 Å².